The summed E-state index contributed by atoms with van der Waals surface area (Å²) in [5, 5.41) is 3.96. The maximum Gasteiger partial charge on any atom is 0.168 e. The molecule has 0 unspecified atom stereocenters. The van der Waals surface area contributed by atoms with Crippen LogP contribution < -0.4 is 5.32 Å². The van der Waals surface area contributed by atoms with E-state index in [2.05, 4.69) is 22.2 Å². The zero-order chi connectivity index (χ0) is 9.47. The van der Waals surface area contributed by atoms with Crippen LogP contribution in [0, 0.1) is 5.41 Å². The number of nitrogens with one attached hydrogen (secondary N) is 1. The first-order valence-corrected chi connectivity index (χ1v) is 5.21. The summed E-state index contributed by atoms with van der Waals surface area (Å²) in [6.45, 7) is 4.77. The number of thiocarbonyl (C=S) groups is 1. The third-order valence-corrected chi connectivity index (χ3v) is 3.61. The van der Waals surface area contributed by atoms with Crippen molar-refractivity contribution in [2.45, 2.75) is 6.42 Å². The van der Waals surface area contributed by atoms with Crippen LogP contribution in [0.3, 0.4) is 0 Å². The number of hydrogen-bond donors (Lipinski definition) is 1. The molecule has 0 saturated carbocycles. The Balaban J connectivity index is 1.91. The number of likely N-dealkylation sites (tertiary alicyclic amines) is 2. The molecular formula is C9H17N3S. The lowest BCUT2D eigenvalue weighted by atomic mass is 9.80. The lowest BCUT2D eigenvalue weighted by molar-refractivity contribution is 0.0356. The Morgan fingerprint density at radius 2 is 2.08 bits per heavy atom. The molecule has 2 fully saturated rings. The maximum atomic E-state index is 5.22. The van der Waals surface area contributed by atoms with Crippen molar-refractivity contribution in [2.75, 3.05) is 40.3 Å². The average Bonchev–Trinajstić information content (AvgIpc) is 2.47. The Kier molecular flexibility index (Phi) is 2.20. The highest BCUT2D eigenvalue weighted by molar-refractivity contribution is 7.80. The van der Waals surface area contributed by atoms with Crippen molar-refractivity contribution < 1.29 is 0 Å². The van der Waals surface area contributed by atoms with E-state index in [-0.39, 0.29) is 0 Å². The Labute approximate surface area is 85.1 Å². The summed E-state index contributed by atoms with van der Waals surface area (Å²) in [4.78, 5) is 4.67. The molecule has 0 amide bonds. The van der Waals surface area contributed by atoms with Gasteiger partial charge in [0.1, 0.15) is 0 Å². The zero-order valence-electron chi connectivity index (χ0n) is 8.34. The van der Waals surface area contributed by atoms with Crippen molar-refractivity contribution in [3.05, 3.63) is 0 Å². The monoisotopic (exact) mass is 199 g/mol. The van der Waals surface area contributed by atoms with Crippen LogP contribution in [-0.4, -0.2) is 55.2 Å². The number of nitrogens with zero attached hydrogens (tertiary/aromatic N) is 2. The molecule has 0 radical (unpaired) electrons. The Hall–Kier alpha value is -0.350. The number of rotatable bonds is 0. The normalized spacial score (nSPS) is 26.2. The second-order valence-corrected chi connectivity index (χ2v) is 4.79. The minimum absolute atomic E-state index is 0.565. The fourth-order valence-corrected chi connectivity index (χ4v) is 2.78. The highest BCUT2D eigenvalue weighted by Crippen LogP contribution is 2.38. The molecule has 0 atom stereocenters. The fraction of sp³-hybridized carbons (Fsp3) is 0.889. The highest BCUT2D eigenvalue weighted by atomic mass is 32.1. The average molecular weight is 199 g/mol. The quantitative estimate of drug-likeness (QED) is 0.559. The van der Waals surface area contributed by atoms with Gasteiger partial charge in [-0.25, -0.2) is 0 Å². The zero-order valence-corrected chi connectivity index (χ0v) is 9.15. The van der Waals surface area contributed by atoms with Gasteiger partial charge in [0.25, 0.3) is 0 Å². The van der Waals surface area contributed by atoms with Gasteiger partial charge in [-0.15, -0.1) is 0 Å². The van der Waals surface area contributed by atoms with Crippen LogP contribution in [0.5, 0.6) is 0 Å². The molecule has 2 aliphatic rings. The van der Waals surface area contributed by atoms with Crippen LogP contribution in [0.25, 0.3) is 0 Å². The van der Waals surface area contributed by atoms with Gasteiger partial charge in [0.15, 0.2) is 5.11 Å². The Bertz CT molecular complexity index is 223. The van der Waals surface area contributed by atoms with E-state index in [0.29, 0.717) is 5.41 Å². The molecule has 0 aromatic carbocycles. The van der Waals surface area contributed by atoms with Crippen molar-refractivity contribution in [1.82, 2.24) is 15.1 Å². The summed E-state index contributed by atoms with van der Waals surface area (Å²) >= 11 is 5.22. The molecule has 13 heavy (non-hydrogen) atoms. The van der Waals surface area contributed by atoms with Gasteiger partial charge in [-0.2, -0.15) is 0 Å². The van der Waals surface area contributed by atoms with E-state index in [0.717, 1.165) is 18.2 Å². The van der Waals surface area contributed by atoms with Gasteiger partial charge in [0.2, 0.25) is 0 Å². The van der Waals surface area contributed by atoms with E-state index in [9.17, 15) is 0 Å². The summed E-state index contributed by atoms with van der Waals surface area (Å²) in [6, 6.07) is 0. The maximum absolute atomic E-state index is 5.22. The van der Waals surface area contributed by atoms with Crippen LogP contribution in [0.1, 0.15) is 6.42 Å². The summed E-state index contributed by atoms with van der Waals surface area (Å²) in [5.41, 5.74) is 0.565. The van der Waals surface area contributed by atoms with Crippen molar-refractivity contribution in [3.8, 4) is 0 Å². The first-order chi connectivity index (χ1) is 6.15. The van der Waals surface area contributed by atoms with E-state index in [1.54, 1.807) is 0 Å². The van der Waals surface area contributed by atoms with Gasteiger partial charge < -0.3 is 15.1 Å². The van der Waals surface area contributed by atoms with Gasteiger partial charge in [-0.05, 0) is 25.7 Å². The lowest BCUT2D eigenvalue weighted by Crippen LogP contribution is -2.56. The highest BCUT2D eigenvalue weighted by Gasteiger charge is 2.46. The van der Waals surface area contributed by atoms with Crippen LogP contribution in [0.4, 0.5) is 0 Å². The third kappa shape index (κ3) is 1.53. The minimum atomic E-state index is 0.565. The molecule has 2 saturated heterocycles. The molecular weight excluding hydrogens is 182 g/mol. The molecule has 3 nitrogen and oxygen atoms in total. The van der Waals surface area contributed by atoms with Gasteiger partial charge in [0.05, 0.1) is 0 Å². The molecule has 0 aromatic rings. The van der Waals surface area contributed by atoms with Crippen LogP contribution in [-0.2, 0) is 0 Å². The first kappa shape index (κ1) is 9.21. The van der Waals surface area contributed by atoms with E-state index in [4.69, 9.17) is 12.2 Å². The number of hydrogen-bond acceptors (Lipinski definition) is 2. The molecule has 2 aliphatic heterocycles. The van der Waals surface area contributed by atoms with Gasteiger partial charge in [-0.3, -0.25) is 0 Å². The summed E-state index contributed by atoms with van der Waals surface area (Å²) in [7, 11) is 4.09. The lowest BCUT2D eigenvalue weighted by Gasteiger charge is -2.46. The predicted octanol–water partition coefficient (Wildman–Crippen LogP) is 0.128. The molecule has 4 heteroatoms. The predicted molar refractivity (Wildman–Crippen MR) is 57.8 cm³/mol. The van der Waals surface area contributed by atoms with Gasteiger partial charge in [0, 0.05) is 38.6 Å². The van der Waals surface area contributed by atoms with Crippen molar-refractivity contribution in [2.24, 2.45) is 5.41 Å². The van der Waals surface area contributed by atoms with Crippen molar-refractivity contribution in [3.63, 3.8) is 0 Å². The molecule has 1 N–H and O–H groups in total. The largest absolute Gasteiger partial charge is 0.366 e. The molecule has 2 rings (SSSR count). The van der Waals surface area contributed by atoms with E-state index in [1.165, 1.54) is 19.5 Å². The minimum Gasteiger partial charge on any atom is -0.366 e. The second kappa shape index (κ2) is 3.10. The van der Waals surface area contributed by atoms with Crippen LogP contribution in [0.15, 0.2) is 0 Å². The van der Waals surface area contributed by atoms with Crippen molar-refractivity contribution in [1.29, 1.82) is 0 Å². The first-order valence-electron chi connectivity index (χ1n) is 4.80. The van der Waals surface area contributed by atoms with Crippen molar-refractivity contribution >= 4 is 17.3 Å². The molecule has 2 heterocycles. The van der Waals surface area contributed by atoms with Crippen LogP contribution >= 0.6 is 12.2 Å². The molecule has 74 valence electrons. The van der Waals surface area contributed by atoms with Gasteiger partial charge in [-0.1, -0.05) is 0 Å². The second-order valence-electron chi connectivity index (χ2n) is 4.40. The van der Waals surface area contributed by atoms with Gasteiger partial charge >= 0.3 is 0 Å². The molecule has 0 bridgehead atoms. The molecule has 0 aromatic heterocycles. The fourth-order valence-electron chi connectivity index (χ4n) is 2.62. The topological polar surface area (TPSA) is 18.5 Å². The third-order valence-electron chi connectivity index (χ3n) is 3.15. The summed E-state index contributed by atoms with van der Waals surface area (Å²) < 4.78 is 0. The van der Waals surface area contributed by atoms with E-state index >= 15 is 0 Å². The van der Waals surface area contributed by atoms with E-state index in [1.807, 2.05) is 7.05 Å². The summed E-state index contributed by atoms with van der Waals surface area (Å²) in [5.74, 6) is 0. The molecule has 0 aliphatic carbocycles. The SMILES string of the molecule is CNC(=S)N1CCC2(CN(C)C2)C1. The van der Waals surface area contributed by atoms with Crippen LogP contribution in [0.2, 0.25) is 0 Å². The molecule has 1 spiro atoms. The standard InChI is InChI=1S/C9H17N3S/c1-10-8(13)12-4-3-9(7-12)5-11(2)6-9/h3-7H2,1-2H3,(H,10,13). The Morgan fingerprint density at radius 1 is 1.38 bits per heavy atom. The smallest absolute Gasteiger partial charge is 0.168 e. The van der Waals surface area contributed by atoms with E-state index < -0.39 is 0 Å². The Morgan fingerprint density at radius 3 is 2.62 bits per heavy atom. The summed E-state index contributed by atoms with van der Waals surface area (Å²) in [6.07, 6.45) is 1.30.